The van der Waals surface area contributed by atoms with Crippen molar-refractivity contribution in [2.75, 3.05) is 0 Å². The highest BCUT2D eigenvalue weighted by Crippen LogP contribution is 2.22. The number of nitrogens with one attached hydrogen (secondary N) is 1. The third-order valence-corrected chi connectivity index (χ3v) is 4.74. The van der Waals surface area contributed by atoms with Crippen molar-refractivity contribution >= 4 is 41.0 Å². The molecule has 2 heterocycles. The van der Waals surface area contributed by atoms with Crippen LogP contribution in [-0.4, -0.2) is 49.7 Å². The number of carbonyl (C=O) groups is 3. The highest BCUT2D eigenvalue weighted by Gasteiger charge is 2.32. The van der Waals surface area contributed by atoms with Crippen LogP contribution in [0.2, 0.25) is 0 Å². The van der Waals surface area contributed by atoms with Gasteiger partial charge in [0.15, 0.2) is 5.17 Å². The smallest absolute Gasteiger partial charge is 0.354 e. The van der Waals surface area contributed by atoms with Crippen molar-refractivity contribution in [3.63, 3.8) is 0 Å². The summed E-state index contributed by atoms with van der Waals surface area (Å²) in [5.41, 5.74) is 2.00. The van der Waals surface area contributed by atoms with E-state index in [4.69, 9.17) is 10.2 Å². The summed E-state index contributed by atoms with van der Waals surface area (Å²) in [7, 11) is 0. The number of aliphatic carboxylic acids is 1. The first-order valence-electron chi connectivity index (χ1n) is 8.03. The Labute approximate surface area is 163 Å². The number of benzene rings is 1. The first-order chi connectivity index (χ1) is 13.4. The molecule has 1 aromatic carbocycles. The van der Waals surface area contributed by atoms with Crippen LogP contribution in [0.4, 0.5) is 0 Å². The van der Waals surface area contributed by atoms with E-state index in [0.717, 1.165) is 22.9 Å². The number of hydrogen-bond donors (Lipinski definition) is 3. The molecule has 0 aliphatic carbocycles. The van der Waals surface area contributed by atoms with Gasteiger partial charge >= 0.3 is 11.9 Å². The van der Waals surface area contributed by atoms with Crippen molar-refractivity contribution in [2.45, 2.75) is 11.7 Å². The Kier molecular flexibility index (Phi) is 5.80. The van der Waals surface area contributed by atoms with Gasteiger partial charge < -0.3 is 15.5 Å². The monoisotopic (exact) mass is 398 g/mol. The van der Waals surface area contributed by atoms with Crippen LogP contribution in [0.15, 0.2) is 52.7 Å². The number of carbonyl (C=O) groups excluding carboxylic acids is 1. The Bertz CT molecular complexity index is 988. The lowest BCUT2D eigenvalue weighted by Gasteiger charge is -2.02. The van der Waals surface area contributed by atoms with Crippen LogP contribution >= 0.6 is 11.8 Å². The lowest BCUT2D eigenvalue weighted by molar-refractivity contribution is -0.138. The number of rotatable bonds is 6. The Morgan fingerprint density at radius 2 is 1.93 bits per heavy atom. The van der Waals surface area contributed by atoms with Crippen LogP contribution in [0.1, 0.15) is 22.5 Å². The van der Waals surface area contributed by atoms with E-state index in [0.29, 0.717) is 5.69 Å². The standard InChI is InChI=1S/C18H14N4O5S/c23-15(24)8-14-16(25)21-18(28-14)22-19-9-10-4-6-11(7-5-10)12-2-1-3-13(20-12)17(26)27/h1-7,9,14H,8H2,(H,23,24)(H,26,27)(H,21,22,25). The summed E-state index contributed by atoms with van der Waals surface area (Å²) in [6, 6.07) is 11.8. The normalized spacial score (nSPS) is 17.8. The van der Waals surface area contributed by atoms with Gasteiger partial charge in [0.2, 0.25) is 5.91 Å². The predicted molar refractivity (Wildman–Crippen MR) is 103 cm³/mol. The Morgan fingerprint density at radius 1 is 1.18 bits per heavy atom. The fourth-order valence-electron chi connectivity index (χ4n) is 2.35. The second-order valence-electron chi connectivity index (χ2n) is 5.68. The fourth-order valence-corrected chi connectivity index (χ4v) is 3.26. The zero-order valence-electron chi connectivity index (χ0n) is 14.3. The number of amides is 1. The Morgan fingerprint density at radius 3 is 2.61 bits per heavy atom. The largest absolute Gasteiger partial charge is 0.481 e. The van der Waals surface area contributed by atoms with Crippen molar-refractivity contribution < 1.29 is 24.6 Å². The third kappa shape index (κ3) is 4.80. The number of nitrogens with zero attached hydrogens (tertiary/aromatic N) is 3. The van der Waals surface area contributed by atoms with Gasteiger partial charge in [0.1, 0.15) is 10.9 Å². The Balaban J connectivity index is 1.66. The van der Waals surface area contributed by atoms with Gasteiger partial charge in [-0.05, 0) is 17.7 Å². The van der Waals surface area contributed by atoms with Crippen LogP contribution in [-0.2, 0) is 9.59 Å². The first-order valence-corrected chi connectivity index (χ1v) is 8.91. The van der Waals surface area contributed by atoms with Gasteiger partial charge in [-0.15, -0.1) is 5.10 Å². The molecular formula is C18H14N4O5S. The number of carboxylic acid groups (broad SMARTS) is 2. The molecule has 3 N–H and O–H groups in total. The summed E-state index contributed by atoms with van der Waals surface area (Å²) in [5.74, 6) is -2.55. The molecule has 1 atom stereocenters. The molecular weight excluding hydrogens is 384 g/mol. The zero-order chi connectivity index (χ0) is 20.1. The van der Waals surface area contributed by atoms with Crippen LogP contribution in [0.5, 0.6) is 0 Å². The van der Waals surface area contributed by atoms with E-state index in [2.05, 4.69) is 20.5 Å². The van der Waals surface area contributed by atoms with E-state index in [1.54, 1.807) is 36.4 Å². The molecule has 1 unspecified atom stereocenters. The average Bonchev–Trinajstić information content (AvgIpc) is 3.01. The van der Waals surface area contributed by atoms with E-state index in [1.807, 2.05) is 0 Å². The maximum Gasteiger partial charge on any atom is 0.354 e. The van der Waals surface area contributed by atoms with E-state index in [1.165, 1.54) is 12.3 Å². The molecule has 1 aromatic heterocycles. The second kappa shape index (κ2) is 8.44. The number of amidine groups is 1. The molecule has 10 heteroatoms. The maximum absolute atomic E-state index is 11.6. The molecule has 1 saturated heterocycles. The lowest BCUT2D eigenvalue weighted by Crippen LogP contribution is -2.26. The highest BCUT2D eigenvalue weighted by molar-refractivity contribution is 8.15. The summed E-state index contributed by atoms with van der Waals surface area (Å²) in [6.07, 6.45) is 1.20. The minimum atomic E-state index is -1.09. The molecule has 0 saturated carbocycles. The van der Waals surface area contributed by atoms with Crippen LogP contribution in [0.3, 0.4) is 0 Å². The highest BCUT2D eigenvalue weighted by atomic mass is 32.2. The summed E-state index contributed by atoms with van der Waals surface area (Å²) < 4.78 is 0. The molecule has 1 amide bonds. The summed E-state index contributed by atoms with van der Waals surface area (Å²) >= 11 is 1.02. The van der Waals surface area contributed by atoms with Gasteiger partial charge in [-0.1, -0.05) is 42.1 Å². The Hall–Kier alpha value is -3.53. The number of aromatic carboxylic acids is 1. The first kappa shape index (κ1) is 19.2. The minimum Gasteiger partial charge on any atom is -0.481 e. The van der Waals surface area contributed by atoms with Gasteiger partial charge in [-0.3, -0.25) is 9.59 Å². The van der Waals surface area contributed by atoms with E-state index in [-0.39, 0.29) is 17.3 Å². The molecule has 2 aromatic rings. The number of carboxylic acids is 2. The van der Waals surface area contributed by atoms with E-state index < -0.39 is 23.1 Å². The molecule has 3 rings (SSSR count). The summed E-state index contributed by atoms with van der Waals surface area (Å²) in [6.45, 7) is 0. The van der Waals surface area contributed by atoms with Crippen LogP contribution in [0, 0.1) is 0 Å². The maximum atomic E-state index is 11.6. The van der Waals surface area contributed by atoms with Gasteiger partial charge in [0, 0.05) is 5.56 Å². The summed E-state index contributed by atoms with van der Waals surface area (Å²) in [4.78, 5) is 37.4. The lowest BCUT2D eigenvalue weighted by atomic mass is 10.1. The SMILES string of the molecule is O=C(O)CC1SC(=NN=Cc2ccc(-c3cccc(C(=O)O)n3)cc2)NC1=O. The molecule has 9 nitrogen and oxygen atoms in total. The molecule has 142 valence electrons. The van der Waals surface area contributed by atoms with Crippen LogP contribution in [0.25, 0.3) is 11.3 Å². The van der Waals surface area contributed by atoms with Crippen molar-refractivity contribution in [1.29, 1.82) is 0 Å². The molecule has 0 spiro atoms. The third-order valence-electron chi connectivity index (χ3n) is 3.67. The van der Waals surface area contributed by atoms with Crippen molar-refractivity contribution in [3.8, 4) is 11.3 Å². The summed E-state index contributed by atoms with van der Waals surface area (Å²) in [5, 5.41) is 27.6. The van der Waals surface area contributed by atoms with Crippen molar-refractivity contribution in [1.82, 2.24) is 10.3 Å². The van der Waals surface area contributed by atoms with E-state index >= 15 is 0 Å². The van der Waals surface area contributed by atoms with Gasteiger partial charge in [0.25, 0.3) is 0 Å². The van der Waals surface area contributed by atoms with E-state index in [9.17, 15) is 14.4 Å². The predicted octanol–water partition coefficient (Wildman–Crippen LogP) is 1.84. The zero-order valence-corrected chi connectivity index (χ0v) is 15.1. The molecule has 1 aliphatic rings. The molecule has 28 heavy (non-hydrogen) atoms. The van der Waals surface area contributed by atoms with Crippen molar-refractivity contribution in [3.05, 3.63) is 53.7 Å². The second-order valence-corrected chi connectivity index (χ2v) is 6.87. The topological polar surface area (TPSA) is 141 Å². The molecule has 0 radical (unpaired) electrons. The van der Waals surface area contributed by atoms with Gasteiger partial charge in [-0.25, -0.2) is 9.78 Å². The van der Waals surface area contributed by atoms with Gasteiger partial charge in [0.05, 0.1) is 18.3 Å². The fraction of sp³-hybridized carbons (Fsp3) is 0.111. The molecule has 1 fully saturated rings. The average molecular weight is 398 g/mol. The van der Waals surface area contributed by atoms with Gasteiger partial charge in [-0.2, -0.15) is 5.10 Å². The molecule has 0 bridgehead atoms. The minimum absolute atomic E-state index is 0.0312. The number of pyridine rings is 1. The quantitative estimate of drug-likeness (QED) is 0.498. The molecule has 1 aliphatic heterocycles. The number of thioether (sulfide) groups is 1. The number of aromatic nitrogens is 1. The number of hydrogen-bond acceptors (Lipinski definition) is 7. The van der Waals surface area contributed by atoms with Crippen LogP contribution < -0.4 is 5.32 Å². The van der Waals surface area contributed by atoms with Crippen molar-refractivity contribution in [2.24, 2.45) is 10.2 Å².